The summed E-state index contributed by atoms with van der Waals surface area (Å²) in [5.41, 5.74) is 2.01. The number of amides is 1. The number of carbonyl (C=O) groups excluding carboxylic acids is 1. The molecule has 32 heavy (non-hydrogen) atoms. The van der Waals surface area contributed by atoms with Crippen molar-refractivity contribution in [1.82, 2.24) is 9.21 Å². The first-order valence-corrected chi connectivity index (χ1v) is 13.8. The lowest BCUT2D eigenvalue weighted by molar-refractivity contribution is -0.127. The van der Waals surface area contributed by atoms with Crippen LogP contribution in [-0.4, -0.2) is 43.2 Å². The maximum absolute atomic E-state index is 13.1. The smallest absolute Gasteiger partial charge is 0.247 e. The molecule has 0 spiro atoms. The van der Waals surface area contributed by atoms with Gasteiger partial charge in [-0.2, -0.15) is 4.31 Å². The molecule has 5 nitrogen and oxygen atoms in total. The molecule has 1 atom stereocenters. The summed E-state index contributed by atoms with van der Waals surface area (Å²) in [6.07, 6.45) is 4.21. The first-order valence-electron chi connectivity index (χ1n) is 10.6. The summed E-state index contributed by atoms with van der Waals surface area (Å²) >= 11 is 3.42. The van der Waals surface area contributed by atoms with Gasteiger partial charge in [0.25, 0.3) is 0 Å². The SMILES string of the molecule is CCN(CC)S(=O)(=O)c1ccc(/C=C/C(=O)N2CCc3sccc3C2c2cccs2)cc1. The van der Waals surface area contributed by atoms with Crippen LogP contribution in [0.2, 0.25) is 0 Å². The lowest BCUT2D eigenvalue weighted by Crippen LogP contribution is -2.38. The van der Waals surface area contributed by atoms with E-state index in [1.807, 2.05) is 30.2 Å². The summed E-state index contributed by atoms with van der Waals surface area (Å²) in [5, 5.41) is 4.14. The molecule has 8 heteroatoms. The Labute approximate surface area is 197 Å². The number of nitrogens with zero attached hydrogens (tertiary/aromatic N) is 2. The number of hydrogen-bond donors (Lipinski definition) is 0. The fraction of sp³-hybridized carbons (Fsp3) is 0.292. The van der Waals surface area contributed by atoms with Crippen LogP contribution in [0.15, 0.2) is 64.2 Å². The molecule has 1 aliphatic rings. The van der Waals surface area contributed by atoms with Crippen LogP contribution in [-0.2, 0) is 21.2 Å². The Morgan fingerprint density at radius 2 is 1.84 bits per heavy atom. The van der Waals surface area contributed by atoms with Crippen molar-refractivity contribution in [3.05, 3.63) is 80.2 Å². The molecule has 3 heterocycles. The van der Waals surface area contributed by atoms with E-state index in [0.29, 0.717) is 19.6 Å². The lowest BCUT2D eigenvalue weighted by atomic mass is 9.98. The van der Waals surface area contributed by atoms with Crippen molar-refractivity contribution in [3.8, 4) is 0 Å². The van der Waals surface area contributed by atoms with Gasteiger partial charge in [0.05, 0.1) is 10.9 Å². The lowest BCUT2D eigenvalue weighted by Gasteiger charge is -2.34. The van der Waals surface area contributed by atoms with Crippen LogP contribution in [0.5, 0.6) is 0 Å². The highest BCUT2D eigenvalue weighted by molar-refractivity contribution is 7.89. The van der Waals surface area contributed by atoms with Crippen molar-refractivity contribution in [2.45, 2.75) is 31.2 Å². The van der Waals surface area contributed by atoms with Gasteiger partial charge >= 0.3 is 0 Å². The minimum Gasteiger partial charge on any atom is -0.327 e. The van der Waals surface area contributed by atoms with Crippen molar-refractivity contribution < 1.29 is 13.2 Å². The van der Waals surface area contributed by atoms with Crippen LogP contribution in [0.1, 0.15) is 40.8 Å². The minimum absolute atomic E-state index is 0.0416. The average Bonchev–Trinajstić information content (AvgIpc) is 3.50. The molecule has 168 valence electrons. The van der Waals surface area contributed by atoms with Crippen molar-refractivity contribution in [2.75, 3.05) is 19.6 Å². The van der Waals surface area contributed by atoms with Gasteiger partial charge in [-0.1, -0.05) is 32.0 Å². The van der Waals surface area contributed by atoms with E-state index >= 15 is 0 Å². The summed E-state index contributed by atoms with van der Waals surface area (Å²) in [4.78, 5) is 17.9. The third-order valence-corrected chi connectivity index (χ3v) is 9.69. The number of thiophene rings is 2. The zero-order valence-electron chi connectivity index (χ0n) is 18.1. The first-order chi connectivity index (χ1) is 15.5. The second kappa shape index (κ2) is 9.70. The summed E-state index contributed by atoms with van der Waals surface area (Å²) in [6, 6.07) is 12.9. The topological polar surface area (TPSA) is 57.7 Å². The van der Waals surface area contributed by atoms with Gasteiger partial charge in [-0.15, -0.1) is 22.7 Å². The molecule has 4 rings (SSSR count). The van der Waals surface area contributed by atoms with E-state index < -0.39 is 10.0 Å². The monoisotopic (exact) mass is 486 g/mol. The summed E-state index contributed by atoms with van der Waals surface area (Å²) in [7, 11) is -3.49. The maximum atomic E-state index is 13.1. The zero-order valence-corrected chi connectivity index (χ0v) is 20.6. The fourth-order valence-corrected chi connectivity index (χ4v) is 7.25. The van der Waals surface area contributed by atoms with E-state index in [-0.39, 0.29) is 16.8 Å². The predicted octanol–water partition coefficient (Wildman–Crippen LogP) is 5.03. The predicted molar refractivity (Wildman–Crippen MR) is 131 cm³/mol. The van der Waals surface area contributed by atoms with Gasteiger partial charge in [0.2, 0.25) is 15.9 Å². The van der Waals surface area contributed by atoms with Crippen molar-refractivity contribution in [3.63, 3.8) is 0 Å². The van der Waals surface area contributed by atoms with Crippen LogP contribution >= 0.6 is 22.7 Å². The van der Waals surface area contributed by atoms with Crippen LogP contribution in [0, 0.1) is 0 Å². The van der Waals surface area contributed by atoms with Gasteiger partial charge < -0.3 is 4.90 Å². The number of carbonyl (C=O) groups is 1. The van der Waals surface area contributed by atoms with E-state index in [4.69, 9.17) is 0 Å². The average molecular weight is 487 g/mol. The zero-order chi connectivity index (χ0) is 22.7. The quantitative estimate of drug-likeness (QED) is 0.440. The molecule has 0 bridgehead atoms. The molecular formula is C24H26N2O3S3. The van der Waals surface area contributed by atoms with Gasteiger partial charge in [-0.25, -0.2) is 8.42 Å². The normalized spacial score (nSPS) is 16.6. The fourth-order valence-electron chi connectivity index (χ4n) is 4.03. The van der Waals surface area contributed by atoms with E-state index in [0.717, 1.165) is 16.9 Å². The second-order valence-electron chi connectivity index (χ2n) is 7.49. The highest BCUT2D eigenvalue weighted by Crippen LogP contribution is 2.39. The summed E-state index contributed by atoms with van der Waals surface area (Å²) in [5.74, 6) is -0.0416. The van der Waals surface area contributed by atoms with Crippen LogP contribution in [0.3, 0.4) is 0 Å². The number of sulfonamides is 1. The highest BCUT2D eigenvalue weighted by atomic mass is 32.2. The molecule has 0 aliphatic carbocycles. The highest BCUT2D eigenvalue weighted by Gasteiger charge is 2.32. The molecule has 0 radical (unpaired) electrons. The molecule has 1 aromatic carbocycles. The summed E-state index contributed by atoms with van der Waals surface area (Å²) in [6.45, 7) is 5.20. The number of rotatable bonds is 7. The van der Waals surface area contributed by atoms with Crippen molar-refractivity contribution >= 4 is 44.7 Å². The number of fused-ring (bicyclic) bond motifs is 1. The van der Waals surface area contributed by atoms with E-state index in [1.165, 1.54) is 14.7 Å². The summed E-state index contributed by atoms with van der Waals surface area (Å²) < 4.78 is 26.7. The Balaban J connectivity index is 1.53. The molecule has 0 N–H and O–H groups in total. The Kier molecular flexibility index (Phi) is 6.95. The third-order valence-electron chi connectivity index (χ3n) is 5.70. The third kappa shape index (κ3) is 4.45. The molecular weight excluding hydrogens is 460 g/mol. The van der Waals surface area contributed by atoms with E-state index in [2.05, 4.69) is 17.5 Å². The van der Waals surface area contributed by atoms with Crippen molar-refractivity contribution in [1.29, 1.82) is 0 Å². The van der Waals surface area contributed by atoms with E-state index in [1.54, 1.807) is 59.1 Å². The van der Waals surface area contributed by atoms with E-state index in [9.17, 15) is 13.2 Å². The molecule has 0 fully saturated rings. The standard InChI is InChI=1S/C24H26N2O3S3/c1-3-25(4-2)32(28,29)19-10-7-18(8-11-19)9-12-23(27)26-15-13-21-20(14-17-31-21)24(26)22-6-5-16-30-22/h5-12,14,16-17,24H,3-4,13,15H2,1-2H3/b12-9+. The maximum Gasteiger partial charge on any atom is 0.247 e. The van der Waals surface area contributed by atoms with Gasteiger partial charge in [-0.3, -0.25) is 4.79 Å². The van der Waals surface area contributed by atoms with Gasteiger partial charge in [0.15, 0.2) is 0 Å². The Bertz CT molecular complexity index is 1190. The number of benzene rings is 1. The number of hydrogen-bond acceptors (Lipinski definition) is 5. The van der Waals surface area contributed by atoms with Gasteiger partial charge in [0.1, 0.15) is 0 Å². The minimum atomic E-state index is -3.49. The molecule has 3 aromatic rings. The van der Waals surface area contributed by atoms with Crippen LogP contribution < -0.4 is 0 Å². The van der Waals surface area contributed by atoms with Crippen molar-refractivity contribution in [2.24, 2.45) is 0 Å². The molecule has 1 amide bonds. The Hall–Kier alpha value is -2.26. The molecule has 2 aromatic heterocycles. The second-order valence-corrected chi connectivity index (χ2v) is 11.4. The molecule has 1 aliphatic heterocycles. The van der Waals surface area contributed by atoms with Gasteiger partial charge in [0, 0.05) is 35.5 Å². The Morgan fingerprint density at radius 3 is 2.50 bits per heavy atom. The Morgan fingerprint density at radius 1 is 1.09 bits per heavy atom. The van der Waals surface area contributed by atoms with Gasteiger partial charge in [-0.05, 0) is 58.6 Å². The van der Waals surface area contributed by atoms with Crippen LogP contribution in [0.25, 0.3) is 6.08 Å². The molecule has 1 unspecified atom stereocenters. The molecule has 0 saturated carbocycles. The first kappa shape index (κ1) is 22.9. The van der Waals surface area contributed by atoms with Crippen LogP contribution in [0.4, 0.5) is 0 Å². The molecule has 0 saturated heterocycles. The largest absolute Gasteiger partial charge is 0.327 e.